The van der Waals surface area contributed by atoms with Crippen LogP contribution < -0.4 is 4.74 Å². The number of hydrogen-bond acceptors (Lipinski definition) is 2. The van der Waals surface area contributed by atoms with Crippen molar-refractivity contribution in [2.75, 3.05) is 0 Å². The van der Waals surface area contributed by atoms with Gasteiger partial charge in [0.15, 0.2) is 0 Å². The molecule has 2 nitrogen and oxygen atoms in total. The predicted molar refractivity (Wildman–Crippen MR) is 58.5 cm³/mol. The third-order valence-corrected chi connectivity index (χ3v) is 2.45. The Morgan fingerprint density at radius 2 is 1.94 bits per heavy atom. The van der Waals surface area contributed by atoms with Gasteiger partial charge >= 0.3 is 6.36 Å². The van der Waals surface area contributed by atoms with Crippen LogP contribution in [0.25, 0.3) is 11.3 Å². The zero-order chi connectivity index (χ0) is 12.5. The van der Waals surface area contributed by atoms with Crippen molar-refractivity contribution in [2.45, 2.75) is 6.36 Å². The second-order valence-corrected chi connectivity index (χ2v) is 4.08. The first-order valence-corrected chi connectivity index (χ1v) is 5.34. The molecule has 0 amide bonds. The molecule has 0 N–H and O–H groups in total. The number of hydrogen-bond donors (Lipinski definition) is 0. The second-order valence-electron chi connectivity index (χ2n) is 3.17. The van der Waals surface area contributed by atoms with Crippen LogP contribution in [0.1, 0.15) is 0 Å². The lowest BCUT2D eigenvalue weighted by Gasteiger charge is -2.12. The largest absolute Gasteiger partial charge is 0.573 e. The monoisotopic (exact) mass is 306 g/mol. The minimum atomic E-state index is -4.73. The molecule has 17 heavy (non-hydrogen) atoms. The molecule has 0 aliphatic rings. The second kappa shape index (κ2) is 4.44. The summed E-state index contributed by atoms with van der Waals surface area (Å²) < 4.78 is 46.2. The van der Waals surface area contributed by atoms with Crippen LogP contribution in [-0.4, -0.2) is 6.36 Å². The average molecular weight is 307 g/mol. The van der Waals surface area contributed by atoms with Crippen molar-refractivity contribution in [1.29, 1.82) is 0 Å². The van der Waals surface area contributed by atoms with E-state index < -0.39 is 6.36 Å². The van der Waals surface area contributed by atoms with Gasteiger partial charge in [0.05, 0.1) is 11.8 Å². The van der Waals surface area contributed by atoms with Crippen LogP contribution in [-0.2, 0) is 0 Å². The van der Waals surface area contributed by atoms with Crippen LogP contribution in [0.3, 0.4) is 0 Å². The van der Waals surface area contributed by atoms with Crippen LogP contribution in [0, 0.1) is 0 Å². The molecule has 1 aromatic heterocycles. The molecule has 0 spiro atoms. The zero-order valence-electron chi connectivity index (χ0n) is 8.29. The molecule has 0 bridgehead atoms. The average Bonchev–Trinajstić information content (AvgIpc) is 2.68. The van der Waals surface area contributed by atoms with Crippen molar-refractivity contribution < 1.29 is 22.3 Å². The molecule has 0 fully saturated rings. The third kappa shape index (κ3) is 3.03. The normalized spacial score (nSPS) is 11.5. The van der Waals surface area contributed by atoms with E-state index in [0.29, 0.717) is 10.2 Å². The van der Waals surface area contributed by atoms with Gasteiger partial charge in [-0.05, 0) is 30.3 Å². The Hall–Kier alpha value is -1.43. The topological polar surface area (TPSA) is 22.4 Å². The molecule has 0 unspecified atom stereocenters. The van der Waals surface area contributed by atoms with Crippen LogP contribution in [0.5, 0.6) is 5.75 Å². The van der Waals surface area contributed by atoms with Crippen molar-refractivity contribution >= 4 is 15.9 Å². The summed E-state index contributed by atoms with van der Waals surface area (Å²) in [6.07, 6.45) is -3.35. The van der Waals surface area contributed by atoms with Gasteiger partial charge in [-0.15, -0.1) is 13.2 Å². The van der Waals surface area contributed by atoms with E-state index in [1.54, 1.807) is 18.2 Å². The van der Waals surface area contributed by atoms with E-state index in [2.05, 4.69) is 20.7 Å². The van der Waals surface area contributed by atoms with E-state index in [4.69, 9.17) is 4.42 Å². The predicted octanol–water partition coefficient (Wildman–Crippen LogP) is 4.61. The Morgan fingerprint density at radius 3 is 2.53 bits per heavy atom. The summed E-state index contributed by atoms with van der Waals surface area (Å²) in [5.41, 5.74) is 0.246. The summed E-state index contributed by atoms with van der Waals surface area (Å²) in [4.78, 5) is 0. The summed E-state index contributed by atoms with van der Waals surface area (Å²) in [6, 6.07) is 7.50. The third-order valence-electron chi connectivity index (χ3n) is 1.96. The minimum absolute atomic E-state index is 0.246. The fraction of sp³-hybridized carbons (Fsp3) is 0.0909. The highest BCUT2D eigenvalue weighted by Crippen LogP contribution is 2.36. The van der Waals surface area contributed by atoms with E-state index in [9.17, 15) is 13.2 Å². The number of furan rings is 1. The summed E-state index contributed by atoms with van der Waals surface area (Å²) in [7, 11) is 0. The molecule has 1 heterocycles. The maximum absolute atomic E-state index is 12.2. The van der Waals surface area contributed by atoms with Gasteiger partial charge in [0.2, 0.25) is 0 Å². The number of rotatable bonds is 2. The Morgan fingerprint density at radius 1 is 1.18 bits per heavy atom. The lowest BCUT2D eigenvalue weighted by Crippen LogP contribution is -2.17. The maximum Gasteiger partial charge on any atom is 0.573 e. The fourth-order valence-corrected chi connectivity index (χ4v) is 1.68. The molecule has 0 radical (unpaired) electrons. The molecule has 0 saturated carbocycles. The molecule has 2 aromatic rings. The zero-order valence-corrected chi connectivity index (χ0v) is 9.88. The Kier molecular flexibility index (Phi) is 3.15. The van der Waals surface area contributed by atoms with Crippen LogP contribution in [0.2, 0.25) is 0 Å². The molecular formula is C11H6BrF3O2. The van der Waals surface area contributed by atoms with E-state index in [-0.39, 0.29) is 11.3 Å². The van der Waals surface area contributed by atoms with Gasteiger partial charge in [-0.2, -0.15) is 0 Å². The standard InChI is InChI=1S/C11H6BrF3O2/c12-7-3-4-8(9-2-1-5-16-9)10(6-7)17-11(13,14)15/h1-6H. The Balaban J connectivity index is 2.45. The molecule has 0 aliphatic heterocycles. The SMILES string of the molecule is FC(F)(F)Oc1cc(Br)ccc1-c1ccco1. The van der Waals surface area contributed by atoms with E-state index >= 15 is 0 Å². The van der Waals surface area contributed by atoms with E-state index in [0.717, 1.165) is 0 Å². The van der Waals surface area contributed by atoms with Crippen LogP contribution in [0.15, 0.2) is 45.5 Å². The number of ether oxygens (including phenoxy) is 1. The van der Waals surface area contributed by atoms with E-state index in [1.807, 2.05) is 0 Å². The molecule has 0 aliphatic carbocycles. The highest BCUT2D eigenvalue weighted by atomic mass is 79.9. The molecule has 1 aromatic carbocycles. The van der Waals surface area contributed by atoms with E-state index in [1.165, 1.54) is 18.4 Å². The summed E-state index contributed by atoms with van der Waals surface area (Å²) in [5.74, 6) is 0.0126. The van der Waals surface area contributed by atoms with Gasteiger partial charge in [0.25, 0.3) is 0 Å². The van der Waals surface area contributed by atoms with Crippen molar-refractivity contribution in [1.82, 2.24) is 0 Å². The Bertz CT molecular complexity index is 506. The first-order valence-electron chi connectivity index (χ1n) is 4.55. The fourth-order valence-electron chi connectivity index (χ4n) is 1.34. The molecule has 0 atom stereocenters. The molecular weight excluding hydrogens is 301 g/mol. The van der Waals surface area contributed by atoms with Gasteiger partial charge in [0.1, 0.15) is 11.5 Å². The molecule has 90 valence electrons. The molecule has 2 rings (SSSR count). The number of alkyl halides is 3. The van der Waals surface area contributed by atoms with Crippen molar-refractivity contribution in [3.63, 3.8) is 0 Å². The van der Waals surface area contributed by atoms with Gasteiger partial charge in [-0.25, -0.2) is 0 Å². The summed E-state index contributed by atoms with van der Waals surface area (Å²) in [5, 5.41) is 0. The number of benzene rings is 1. The lowest BCUT2D eigenvalue weighted by atomic mass is 10.1. The summed E-state index contributed by atoms with van der Waals surface area (Å²) >= 11 is 3.09. The van der Waals surface area contributed by atoms with Gasteiger partial charge in [-0.1, -0.05) is 15.9 Å². The van der Waals surface area contributed by atoms with Crippen molar-refractivity contribution in [2.24, 2.45) is 0 Å². The van der Waals surface area contributed by atoms with Gasteiger partial charge < -0.3 is 9.15 Å². The first-order chi connectivity index (χ1) is 7.96. The number of halogens is 4. The van der Waals surface area contributed by atoms with Crippen molar-refractivity contribution in [3.8, 4) is 17.1 Å². The highest BCUT2D eigenvalue weighted by molar-refractivity contribution is 9.10. The molecule has 6 heteroatoms. The summed E-state index contributed by atoms with van der Waals surface area (Å²) in [6.45, 7) is 0. The highest BCUT2D eigenvalue weighted by Gasteiger charge is 2.32. The lowest BCUT2D eigenvalue weighted by molar-refractivity contribution is -0.274. The van der Waals surface area contributed by atoms with Crippen molar-refractivity contribution in [3.05, 3.63) is 41.1 Å². The Labute approximate surface area is 103 Å². The smallest absolute Gasteiger partial charge is 0.464 e. The quantitative estimate of drug-likeness (QED) is 0.808. The maximum atomic E-state index is 12.2. The minimum Gasteiger partial charge on any atom is -0.464 e. The van der Waals surface area contributed by atoms with Crippen LogP contribution in [0.4, 0.5) is 13.2 Å². The first kappa shape index (κ1) is 12.0. The molecule has 0 saturated heterocycles. The van der Waals surface area contributed by atoms with Crippen LogP contribution >= 0.6 is 15.9 Å². The van der Waals surface area contributed by atoms with Gasteiger partial charge in [0, 0.05) is 4.47 Å². The van der Waals surface area contributed by atoms with Gasteiger partial charge in [-0.3, -0.25) is 0 Å².